The average Bonchev–Trinajstić information content (AvgIpc) is 2.53. The van der Waals surface area contributed by atoms with Crippen LogP contribution in [0.3, 0.4) is 0 Å². The highest BCUT2D eigenvalue weighted by Crippen LogP contribution is 2.29. The maximum Gasteiger partial charge on any atom is 0.233 e. The zero-order valence-electron chi connectivity index (χ0n) is 12.0. The fraction of sp³-hybridized carbons (Fsp3) is 0.125. The average molecular weight is 302 g/mol. The van der Waals surface area contributed by atoms with Crippen LogP contribution in [0.4, 0.5) is 0 Å². The predicted molar refractivity (Wildman–Crippen MR) is 78.0 cm³/mol. The van der Waals surface area contributed by atoms with Gasteiger partial charge < -0.3 is 19.7 Å². The Kier molecular flexibility index (Phi) is 4.31. The van der Waals surface area contributed by atoms with E-state index >= 15 is 0 Å². The van der Waals surface area contributed by atoms with Gasteiger partial charge in [-0.25, -0.2) is 0 Å². The van der Waals surface area contributed by atoms with Gasteiger partial charge in [-0.2, -0.15) is 0 Å². The monoisotopic (exact) mass is 302 g/mol. The molecular formula is C16H14O6. The first kappa shape index (κ1) is 15.4. The minimum atomic E-state index is -0.803. The molecule has 0 bridgehead atoms. The van der Waals surface area contributed by atoms with Crippen LogP contribution in [-0.2, 0) is 0 Å². The molecule has 0 atom stereocenters. The molecule has 0 aliphatic carbocycles. The van der Waals surface area contributed by atoms with Gasteiger partial charge in [-0.3, -0.25) is 9.59 Å². The number of rotatable bonds is 5. The van der Waals surface area contributed by atoms with E-state index in [4.69, 9.17) is 9.47 Å². The van der Waals surface area contributed by atoms with E-state index in [-0.39, 0.29) is 34.1 Å². The van der Waals surface area contributed by atoms with Crippen LogP contribution < -0.4 is 9.47 Å². The molecule has 0 saturated heterocycles. The van der Waals surface area contributed by atoms with E-state index in [1.165, 1.54) is 38.5 Å². The van der Waals surface area contributed by atoms with Crippen molar-refractivity contribution >= 4 is 11.6 Å². The van der Waals surface area contributed by atoms with Crippen molar-refractivity contribution in [2.45, 2.75) is 0 Å². The second kappa shape index (κ2) is 6.17. The first-order valence-corrected chi connectivity index (χ1v) is 6.31. The number of methoxy groups -OCH3 is 2. The molecule has 0 saturated carbocycles. The van der Waals surface area contributed by atoms with Gasteiger partial charge in [0.05, 0.1) is 14.2 Å². The van der Waals surface area contributed by atoms with E-state index in [0.29, 0.717) is 0 Å². The quantitative estimate of drug-likeness (QED) is 0.649. The number of phenols is 2. The summed E-state index contributed by atoms with van der Waals surface area (Å²) in [5, 5.41) is 19.3. The topological polar surface area (TPSA) is 93.1 Å². The van der Waals surface area contributed by atoms with Gasteiger partial charge in [0.1, 0.15) is 0 Å². The lowest BCUT2D eigenvalue weighted by Gasteiger charge is -2.07. The summed E-state index contributed by atoms with van der Waals surface area (Å²) in [5.41, 5.74) is 0.0530. The van der Waals surface area contributed by atoms with E-state index in [0.717, 1.165) is 12.1 Å². The van der Waals surface area contributed by atoms with Crippen molar-refractivity contribution in [2.75, 3.05) is 14.2 Å². The molecule has 0 aliphatic rings. The molecule has 0 fully saturated rings. The summed E-state index contributed by atoms with van der Waals surface area (Å²) in [5.74, 6) is -1.68. The number of ketones is 2. The van der Waals surface area contributed by atoms with Gasteiger partial charge in [-0.15, -0.1) is 0 Å². The van der Waals surface area contributed by atoms with E-state index in [9.17, 15) is 19.8 Å². The minimum Gasteiger partial charge on any atom is -0.504 e. The number of carbonyl (C=O) groups is 2. The molecule has 2 rings (SSSR count). The second-order valence-electron chi connectivity index (χ2n) is 4.43. The first-order chi connectivity index (χ1) is 10.5. The highest BCUT2D eigenvalue weighted by atomic mass is 16.5. The standard InChI is InChI=1S/C16H14O6/c1-21-13-5-3-9(7-11(13)17)15(19)16(20)10-4-6-14(22-2)12(18)8-10/h3-8,17-18H,1-2H3. The molecule has 6 nitrogen and oxygen atoms in total. The first-order valence-electron chi connectivity index (χ1n) is 6.31. The fourth-order valence-corrected chi connectivity index (χ4v) is 1.92. The number of Topliss-reactive ketones (excluding diaryl/α,β-unsaturated/α-hetero) is 2. The summed E-state index contributed by atoms with van der Waals surface area (Å²) in [7, 11) is 2.75. The van der Waals surface area contributed by atoms with Gasteiger partial charge in [-0.1, -0.05) is 0 Å². The van der Waals surface area contributed by atoms with Crippen molar-refractivity contribution in [3.8, 4) is 23.0 Å². The van der Waals surface area contributed by atoms with Gasteiger partial charge in [0.25, 0.3) is 0 Å². The Labute approximate surface area is 126 Å². The van der Waals surface area contributed by atoms with Crippen LogP contribution in [0.5, 0.6) is 23.0 Å². The third-order valence-corrected chi connectivity index (χ3v) is 3.09. The molecule has 2 aromatic carbocycles. The summed E-state index contributed by atoms with van der Waals surface area (Å²) in [6.07, 6.45) is 0. The summed E-state index contributed by atoms with van der Waals surface area (Å²) < 4.78 is 9.75. The predicted octanol–water partition coefficient (Wildman–Crippen LogP) is 2.18. The van der Waals surface area contributed by atoms with Crippen LogP contribution in [0.1, 0.15) is 20.7 Å². The SMILES string of the molecule is COc1ccc(C(=O)C(=O)c2ccc(OC)c(O)c2)cc1O. The smallest absolute Gasteiger partial charge is 0.233 e. The van der Waals surface area contributed by atoms with E-state index < -0.39 is 11.6 Å². The molecule has 22 heavy (non-hydrogen) atoms. The Balaban J connectivity index is 2.31. The molecule has 0 radical (unpaired) electrons. The Morgan fingerprint density at radius 3 is 1.41 bits per heavy atom. The molecule has 0 amide bonds. The molecule has 6 heteroatoms. The van der Waals surface area contributed by atoms with Crippen molar-refractivity contribution in [3.63, 3.8) is 0 Å². The van der Waals surface area contributed by atoms with Gasteiger partial charge in [-0.05, 0) is 36.4 Å². The molecule has 0 aromatic heterocycles. The lowest BCUT2D eigenvalue weighted by Crippen LogP contribution is -2.14. The largest absolute Gasteiger partial charge is 0.504 e. The van der Waals surface area contributed by atoms with Gasteiger partial charge in [0, 0.05) is 11.1 Å². The lowest BCUT2D eigenvalue weighted by atomic mass is 10.0. The van der Waals surface area contributed by atoms with Crippen molar-refractivity contribution in [1.82, 2.24) is 0 Å². The van der Waals surface area contributed by atoms with E-state index in [2.05, 4.69) is 0 Å². The summed E-state index contributed by atoms with van der Waals surface area (Å²) >= 11 is 0. The number of carbonyl (C=O) groups excluding carboxylic acids is 2. The number of phenolic OH excluding ortho intramolecular Hbond substituents is 2. The van der Waals surface area contributed by atoms with Crippen molar-refractivity contribution in [3.05, 3.63) is 47.5 Å². The highest BCUT2D eigenvalue weighted by Gasteiger charge is 2.20. The zero-order chi connectivity index (χ0) is 16.3. The van der Waals surface area contributed by atoms with Gasteiger partial charge in [0.15, 0.2) is 23.0 Å². The van der Waals surface area contributed by atoms with Crippen LogP contribution >= 0.6 is 0 Å². The Hall–Kier alpha value is -3.02. The Bertz CT molecular complexity index is 672. The fourth-order valence-electron chi connectivity index (χ4n) is 1.92. The third-order valence-electron chi connectivity index (χ3n) is 3.09. The minimum absolute atomic E-state index is 0.0265. The zero-order valence-corrected chi connectivity index (χ0v) is 12.0. The van der Waals surface area contributed by atoms with Crippen molar-refractivity contribution in [2.24, 2.45) is 0 Å². The molecule has 0 spiro atoms. The highest BCUT2D eigenvalue weighted by molar-refractivity contribution is 6.49. The third kappa shape index (κ3) is 2.85. The van der Waals surface area contributed by atoms with Crippen molar-refractivity contribution in [1.29, 1.82) is 0 Å². The lowest BCUT2D eigenvalue weighted by molar-refractivity contribution is 0.0816. The molecular weight excluding hydrogens is 288 g/mol. The Morgan fingerprint density at radius 1 is 0.773 bits per heavy atom. The number of ether oxygens (including phenoxy) is 2. The molecule has 2 N–H and O–H groups in total. The summed E-state index contributed by atoms with van der Waals surface area (Å²) in [6.45, 7) is 0. The molecule has 114 valence electrons. The molecule has 0 heterocycles. The molecule has 0 aliphatic heterocycles. The molecule has 0 unspecified atom stereocenters. The van der Waals surface area contributed by atoms with Crippen LogP contribution in [0.2, 0.25) is 0 Å². The van der Waals surface area contributed by atoms with Gasteiger partial charge >= 0.3 is 0 Å². The van der Waals surface area contributed by atoms with Crippen LogP contribution in [0, 0.1) is 0 Å². The number of hydrogen-bond donors (Lipinski definition) is 2. The Morgan fingerprint density at radius 2 is 1.14 bits per heavy atom. The van der Waals surface area contributed by atoms with Crippen LogP contribution in [0.25, 0.3) is 0 Å². The number of benzene rings is 2. The summed E-state index contributed by atoms with van der Waals surface area (Å²) in [4.78, 5) is 24.3. The normalized spacial score (nSPS) is 10.1. The maximum absolute atomic E-state index is 12.1. The second-order valence-corrected chi connectivity index (χ2v) is 4.43. The van der Waals surface area contributed by atoms with Crippen LogP contribution in [-0.4, -0.2) is 36.0 Å². The number of aromatic hydroxyl groups is 2. The van der Waals surface area contributed by atoms with Crippen LogP contribution in [0.15, 0.2) is 36.4 Å². The van der Waals surface area contributed by atoms with E-state index in [1.54, 1.807) is 0 Å². The number of hydrogen-bond acceptors (Lipinski definition) is 6. The summed E-state index contributed by atoms with van der Waals surface area (Å²) in [6, 6.07) is 7.85. The maximum atomic E-state index is 12.1. The van der Waals surface area contributed by atoms with E-state index in [1.807, 2.05) is 0 Å². The van der Waals surface area contributed by atoms with Crippen molar-refractivity contribution < 1.29 is 29.3 Å². The van der Waals surface area contributed by atoms with Gasteiger partial charge in [0.2, 0.25) is 11.6 Å². The molecule has 2 aromatic rings.